The molecule has 0 saturated carbocycles. The zero-order valence-corrected chi connectivity index (χ0v) is 11.7. The van der Waals surface area contributed by atoms with Gasteiger partial charge in [-0.05, 0) is 29.5 Å². The molecule has 0 atom stereocenters. The molecule has 0 spiro atoms. The summed E-state index contributed by atoms with van der Waals surface area (Å²) in [7, 11) is 0. The van der Waals surface area contributed by atoms with E-state index in [9.17, 15) is 19.3 Å². The third-order valence-electron chi connectivity index (χ3n) is 3.49. The number of nitrogens with zero attached hydrogens (tertiary/aromatic N) is 2. The molecule has 2 heterocycles. The van der Waals surface area contributed by atoms with E-state index in [-0.39, 0.29) is 11.3 Å². The van der Waals surface area contributed by atoms with Gasteiger partial charge in [-0.3, -0.25) is 14.9 Å². The molecule has 1 aromatic heterocycles. The monoisotopic (exact) mass is 306 g/mol. The number of nitro benzene ring substituents is 1. The van der Waals surface area contributed by atoms with Crippen LogP contribution in [-0.2, 0) is 13.0 Å². The van der Waals surface area contributed by atoms with E-state index in [4.69, 9.17) is 0 Å². The number of carbonyl (C=O) groups is 1. The van der Waals surface area contributed by atoms with Crippen molar-refractivity contribution in [2.75, 3.05) is 6.54 Å². The first kappa shape index (κ1) is 13.7. The van der Waals surface area contributed by atoms with Gasteiger partial charge in [-0.2, -0.15) is 0 Å². The van der Waals surface area contributed by atoms with Crippen molar-refractivity contribution >= 4 is 22.9 Å². The highest BCUT2D eigenvalue weighted by atomic mass is 32.1. The average molecular weight is 306 g/mol. The van der Waals surface area contributed by atoms with Gasteiger partial charge in [-0.1, -0.05) is 0 Å². The third kappa shape index (κ3) is 2.52. The Kier molecular flexibility index (Phi) is 3.42. The summed E-state index contributed by atoms with van der Waals surface area (Å²) in [4.78, 5) is 25.3. The van der Waals surface area contributed by atoms with Crippen LogP contribution in [-0.4, -0.2) is 22.3 Å². The highest BCUT2D eigenvalue weighted by Gasteiger charge is 2.25. The fourth-order valence-corrected chi connectivity index (χ4v) is 3.27. The lowest BCUT2D eigenvalue weighted by molar-refractivity contribution is -0.384. The SMILES string of the molecule is O=C(c1cc([N+](=O)[O-])ccc1F)N1CCc2sccc2C1. The molecule has 0 aliphatic carbocycles. The van der Waals surface area contributed by atoms with Crippen LogP contribution in [0.15, 0.2) is 29.6 Å². The van der Waals surface area contributed by atoms with Gasteiger partial charge in [-0.25, -0.2) is 4.39 Å². The molecule has 2 aromatic rings. The summed E-state index contributed by atoms with van der Waals surface area (Å²) >= 11 is 1.64. The van der Waals surface area contributed by atoms with Crippen molar-refractivity contribution in [3.8, 4) is 0 Å². The Bertz CT molecular complexity index is 729. The minimum Gasteiger partial charge on any atom is -0.334 e. The summed E-state index contributed by atoms with van der Waals surface area (Å²) in [5.41, 5.74) is 0.529. The van der Waals surface area contributed by atoms with Crippen molar-refractivity contribution in [2.45, 2.75) is 13.0 Å². The second-order valence-electron chi connectivity index (χ2n) is 4.77. The number of hydrogen-bond acceptors (Lipinski definition) is 4. The molecule has 0 unspecified atom stereocenters. The van der Waals surface area contributed by atoms with Crippen LogP contribution in [0.1, 0.15) is 20.8 Å². The van der Waals surface area contributed by atoms with Crippen molar-refractivity contribution in [1.29, 1.82) is 0 Å². The van der Waals surface area contributed by atoms with Gasteiger partial charge >= 0.3 is 0 Å². The Morgan fingerprint density at radius 2 is 2.19 bits per heavy atom. The molecule has 0 fully saturated rings. The number of thiophene rings is 1. The summed E-state index contributed by atoms with van der Waals surface area (Å²) in [5.74, 6) is -1.24. The quantitative estimate of drug-likeness (QED) is 0.633. The number of carbonyl (C=O) groups excluding carboxylic acids is 1. The Balaban J connectivity index is 1.89. The highest BCUT2D eigenvalue weighted by Crippen LogP contribution is 2.26. The van der Waals surface area contributed by atoms with Crippen LogP contribution in [0.4, 0.5) is 10.1 Å². The van der Waals surface area contributed by atoms with E-state index in [0.717, 1.165) is 30.2 Å². The average Bonchev–Trinajstić information content (AvgIpc) is 2.94. The van der Waals surface area contributed by atoms with Crippen LogP contribution in [0.3, 0.4) is 0 Å². The first-order valence-electron chi connectivity index (χ1n) is 6.34. The normalized spacial score (nSPS) is 13.9. The van der Waals surface area contributed by atoms with Gasteiger partial charge in [0.2, 0.25) is 0 Å². The van der Waals surface area contributed by atoms with Gasteiger partial charge in [-0.15, -0.1) is 11.3 Å². The molecule has 7 heteroatoms. The summed E-state index contributed by atoms with van der Waals surface area (Å²) in [6.45, 7) is 0.911. The maximum atomic E-state index is 13.8. The summed E-state index contributed by atoms with van der Waals surface area (Å²) in [5, 5.41) is 12.7. The van der Waals surface area contributed by atoms with Crippen molar-refractivity contribution in [1.82, 2.24) is 4.90 Å². The van der Waals surface area contributed by atoms with Crippen LogP contribution in [0.25, 0.3) is 0 Å². The number of non-ortho nitro benzene ring substituents is 1. The number of nitro groups is 1. The lowest BCUT2D eigenvalue weighted by Gasteiger charge is -2.27. The summed E-state index contributed by atoms with van der Waals surface area (Å²) in [6, 6.07) is 4.97. The summed E-state index contributed by atoms with van der Waals surface area (Å²) in [6.07, 6.45) is 0.731. The topological polar surface area (TPSA) is 63.4 Å². The largest absolute Gasteiger partial charge is 0.334 e. The number of benzene rings is 1. The van der Waals surface area contributed by atoms with Crippen LogP contribution in [0.5, 0.6) is 0 Å². The molecule has 0 saturated heterocycles. The van der Waals surface area contributed by atoms with E-state index >= 15 is 0 Å². The molecule has 21 heavy (non-hydrogen) atoms. The Labute approximate surface area is 123 Å². The standard InChI is InChI=1S/C14H11FN2O3S/c15-12-2-1-10(17(19)20)7-11(12)14(18)16-5-3-13-9(8-16)4-6-21-13/h1-2,4,6-7H,3,5,8H2. The predicted molar refractivity (Wildman–Crippen MR) is 75.8 cm³/mol. The van der Waals surface area contributed by atoms with E-state index in [2.05, 4.69) is 0 Å². The fourth-order valence-electron chi connectivity index (χ4n) is 2.38. The summed E-state index contributed by atoms with van der Waals surface area (Å²) < 4.78 is 13.8. The number of rotatable bonds is 2. The Morgan fingerprint density at radius 3 is 2.95 bits per heavy atom. The van der Waals surface area contributed by atoms with E-state index in [1.54, 1.807) is 11.3 Å². The molecule has 0 radical (unpaired) electrons. The Morgan fingerprint density at radius 1 is 1.38 bits per heavy atom. The van der Waals surface area contributed by atoms with Crippen molar-refractivity contribution < 1.29 is 14.1 Å². The van der Waals surface area contributed by atoms with Gasteiger partial charge in [0.25, 0.3) is 11.6 Å². The van der Waals surface area contributed by atoms with E-state index in [1.807, 2.05) is 11.4 Å². The van der Waals surface area contributed by atoms with Gasteiger partial charge in [0.1, 0.15) is 5.82 Å². The van der Waals surface area contributed by atoms with Crippen LogP contribution in [0.2, 0.25) is 0 Å². The maximum Gasteiger partial charge on any atom is 0.270 e. The molecule has 3 rings (SSSR count). The second kappa shape index (κ2) is 5.25. The molecule has 1 amide bonds. The lowest BCUT2D eigenvalue weighted by Crippen LogP contribution is -2.35. The minimum absolute atomic E-state index is 0.247. The minimum atomic E-state index is -0.735. The molecule has 0 bridgehead atoms. The molecular formula is C14H11FN2O3S. The van der Waals surface area contributed by atoms with Gasteiger partial charge in [0, 0.05) is 30.1 Å². The molecular weight excluding hydrogens is 295 g/mol. The number of amides is 1. The zero-order valence-electron chi connectivity index (χ0n) is 10.9. The molecule has 0 N–H and O–H groups in total. The van der Waals surface area contributed by atoms with Gasteiger partial charge < -0.3 is 4.90 Å². The van der Waals surface area contributed by atoms with E-state index < -0.39 is 16.6 Å². The number of hydrogen-bond donors (Lipinski definition) is 0. The molecule has 1 aliphatic rings. The van der Waals surface area contributed by atoms with Crippen LogP contribution < -0.4 is 0 Å². The van der Waals surface area contributed by atoms with Crippen molar-refractivity contribution in [3.05, 3.63) is 61.6 Å². The van der Waals surface area contributed by atoms with Gasteiger partial charge in [0.05, 0.1) is 10.5 Å². The number of halogens is 1. The van der Waals surface area contributed by atoms with E-state index in [0.29, 0.717) is 13.1 Å². The smallest absolute Gasteiger partial charge is 0.270 e. The number of fused-ring (bicyclic) bond motifs is 1. The van der Waals surface area contributed by atoms with Crippen LogP contribution >= 0.6 is 11.3 Å². The highest BCUT2D eigenvalue weighted by molar-refractivity contribution is 7.10. The van der Waals surface area contributed by atoms with Crippen LogP contribution in [0, 0.1) is 15.9 Å². The molecule has 108 valence electrons. The zero-order chi connectivity index (χ0) is 15.0. The fraction of sp³-hybridized carbons (Fsp3) is 0.214. The maximum absolute atomic E-state index is 13.8. The first-order chi connectivity index (χ1) is 10.1. The van der Waals surface area contributed by atoms with Crippen molar-refractivity contribution in [2.24, 2.45) is 0 Å². The van der Waals surface area contributed by atoms with Gasteiger partial charge in [0.15, 0.2) is 0 Å². The second-order valence-corrected chi connectivity index (χ2v) is 5.77. The molecule has 1 aliphatic heterocycles. The molecule has 5 nitrogen and oxygen atoms in total. The Hall–Kier alpha value is -2.28. The van der Waals surface area contributed by atoms with Crippen molar-refractivity contribution in [3.63, 3.8) is 0 Å². The lowest BCUT2D eigenvalue weighted by atomic mass is 10.1. The third-order valence-corrected chi connectivity index (χ3v) is 4.51. The predicted octanol–water partition coefficient (Wildman–Crippen LogP) is 2.99. The van der Waals surface area contributed by atoms with E-state index in [1.165, 1.54) is 9.78 Å². The first-order valence-corrected chi connectivity index (χ1v) is 7.22. The molecule has 1 aromatic carbocycles.